The van der Waals surface area contributed by atoms with Crippen molar-refractivity contribution in [3.8, 4) is 0 Å². The van der Waals surface area contributed by atoms with Gasteiger partial charge in [0.15, 0.2) is 6.04 Å². The number of carbonyl (C=O) groups excluding carboxylic acids is 2. The number of nitrogens with zero attached hydrogens (tertiary/aromatic N) is 1. The lowest BCUT2D eigenvalue weighted by atomic mass is 9.96. The fraction of sp³-hybridized carbons (Fsp3) is 0.474. The zero-order valence-corrected chi connectivity index (χ0v) is 19.6. The van der Waals surface area contributed by atoms with Crippen molar-refractivity contribution < 1.29 is 40.7 Å². The van der Waals surface area contributed by atoms with E-state index in [0.29, 0.717) is 5.20 Å². The lowest BCUT2D eigenvalue weighted by Gasteiger charge is -2.41. The Labute approximate surface area is 179 Å². The maximum Gasteiger partial charge on any atom is 0.516 e. The van der Waals surface area contributed by atoms with Crippen molar-refractivity contribution in [2.75, 3.05) is 17.5 Å². The van der Waals surface area contributed by atoms with Crippen molar-refractivity contribution >= 4 is 40.9 Å². The van der Waals surface area contributed by atoms with Crippen LogP contribution in [0.5, 0.6) is 0 Å². The lowest BCUT2D eigenvalue weighted by molar-refractivity contribution is -0.147. The third-order valence-electron chi connectivity index (χ3n) is 4.49. The van der Waals surface area contributed by atoms with Gasteiger partial charge in [-0.15, -0.1) is 0 Å². The van der Waals surface area contributed by atoms with Crippen molar-refractivity contribution in [3.63, 3.8) is 0 Å². The van der Waals surface area contributed by atoms with Gasteiger partial charge in [0.05, 0.1) is 32.5 Å². The molecule has 0 spiro atoms. The molecule has 1 atom stereocenters. The van der Waals surface area contributed by atoms with E-state index in [9.17, 15) is 31.2 Å². The van der Waals surface area contributed by atoms with E-state index in [1.54, 1.807) is 0 Å². The summed E-state index contributed by atoms with van der Waals surface area (Å²) in [6.07, 6.45) is 0. The first kappa shape index (κ1) is 24.9. The molecule has 0 unspecified atom stereocenters. The number of anilines is 1. The minimum Gasteiger partial charge on any atom is -0.464 e. The molecule has 0 radical (unpaired) electrons. The average molecular weight is 480 g/mol. The molecule has 0 saturated carbocycles. The van der Waals surface area contributed by atoms with Gasteiger partial charge in [-0.3, -0.25) is 0 Å². The third kappa shape index (κ3) is 4.49. The quantitative estimate of drug-likeness (QED) is 0.458. The fourth-order valence-electron chi connectivity index (χ4n) is 3.46. The summed E-state index contributed by atoms with van der Waals surface area (Å²) in [4.78, 5) is 25.8. The van der Waals surface area contributed by atoms with Crippen LogP contribution >= 0.6 is 0 Å². The second kappa shape index (κ2) is 8.65. The Hall–Kier alpha value is -2.34. The number of esters is 2. The Kier molecular flexibility index (Phi) is 6.96. The van der Waals surface area contributed by atoms with Gasteiger partial charge < -0.3 is 9.47 Å². The first-order valence-corrected chi connectivity index (χ1v) is 14.4. The number of halogens is 3. The number of alkyl halides is 3. The molecule has 0 fully saturated rings. The third-order valence-corrected chi connectivity index (χ3v) is 8.04. The number of benzene rings is 1. The lowest BCUT2D eigenvalue weighted by Crippen LogP contribution is -2.55. The van der Waals surface area contributed by atoms with E-state index in [4.69, 9.17) is 9.47 Å². The molecule has 172 valence electrons. The number of ether oxygens (including phenoxy) is 2. The van der Waals surface area contributed by atoms with Crippen LogP contribution in [0.2, 0.25) is 19.6 Å². The number of fused-ring (bicyclic) bond motifs is 1. The number of hydrogen-bond acceptors (Lipinski definition) is 6. The molecule has 1 aliphatic heterocycles. The largest absolute Gasteiger partial charge is 0.516 e. The van der Waals surface area contributed by atoms with Gasteiger partial charge in [0, 0.05) is 0 Å². The average Bonchev–Trinajstić information content (AvgIpc) is 2.64. The van der Waals surface area contributed by atoms with Crippen LogP contribution in [0.3, 0.4) is 0 Å². The molecule has 0 N–H and O–H groups in total. The molecular weight excluding hydrogens is 455 g/mol. The summed E-state index contributed by atoms with van der Waals surface area (Å²) in [5.74, 6) is -2.35. The van der Waals surface area contributed by atoms with Gasteiger partial charge in [-0.2, -0.15) is 21.6 Å². The minimum atomic E-state index is -6.07. The van der Waals surface area contributed by atoms with Gasteiger partial charge >= 0.3 is 27.5 Å². The summed E-state index contributed by atoms with van der Waals surface area (Å²) in [5.41, 5.74) is -6.37. The number of carbonyl (C=O) groups is 2. The van der Waals surface area contributed by atoms with Crippen molar-refractivity contribution in [1.82, 2.24) is 0 Å². The number of sulfonamides is 1. The fourth-order valence-corrected chi connectivity index (χ4v) is 6.64. The first-order chi connectivity index (χ1) is 14.2. The Morgan fingerprint density at radius 1 is 1.06 bits per heavy atom. The highest BCUT2D eigenvalue weighted by molar-refractivity contribution is 7.93. The SMILES string of the molecule is CCOC(=O)C1=C([Si](C)(C)C)c2ccccc2N(S(=O)(=O)C(F)(F)F)[C@@H]1C(=O)OCC. The van der Waals surface area contributed by atoms with Gasteiger partial charge in [-0.05, 0) is 30.7 Å². The normalized spacial score (nSPS) is 17.3. The molecule has 0 aliphatic carbocycles. The van der Waals surface area contributed by atoms with Gasteiger partial charge in [-0.1, -0.05) is 37.8 Å². The molecule has 31 heavy (non-hydrogen) atoms. The van der Waals surface area contributed by atoms with Gasteiger partial charge in [-0.25, -0.2) is 13.9 Å². The summed E-state index contributed by atoms with van der Waals surface area (Å²) < 4.78 is 76.0. The molecule has 12 heteroatoms. The molecule has 1 aromatic carbocycles. The predicted octanol–water partition coefficient (Wildman–Crippen LogP) is 3.48. The van der Waals surface area contributed by atoms with Crippen LogP contribution in [-0.4, -0.2) is 53.2 Å². The summed E-state index contributed by atoms with van der Waals surface area (Å²) in [6, 6.07) is 3.32. The zero-order valence-electron chi connectivity index (χ0n) is 17.7. The summed E-state index contributed by atoms with van der Waals surface area (Å²) in [6.45, 7) is 8.05. The molecule has 0 aromatic heterocycles. The smallest absolute Gasteiger partial charge is 0.464 e. The van der Waals surface area contributed by atoms with Crippen molar-refractivity contribution in [3.05, 3.63) is 35.4 Å². The summed E-state index contributed by atoms with van der Waals surface area (Å²) >= 11 is 0. The van der Waals surface area contributed by atoms with Gasteiger partial charge in [0.25, 0.3) is 0 Å². The van der Waals surface area contributed by atoms with Crippen LogP contribution in [0.15, 0.2) is 29.8 Å². The molecule has 7 nitrogen and oxygen atoms in total. The highest BCUT2D eigenvalue weighted by Crippen LogP contribution is 2.46. The van der Waals surface area contributed by atoms with E-state index in [-0.39, 0.29) is 28.8 Å². The summed E-state index contributed by atoms with van der Waals surface area (Å²) in [5, 5.41) is 0.341. The zero-order chi connectivity index (χ0) is 23.8. The molecule has 1 aliphatic rings. The first-order valence-electron chi connectivity index (χ1n) is 9.48. The van der Waals surface area contributed by atoms with Crippen molar-refractivity contribution in [2.45, 2.75) is 45.0 Å². The van der Waals surface area contributed by atoms with E-state index in [2.05, 4.69) is 0 Å². The van der Waals surface area contributed by atoms with E-state index < -0.39 is 47.2 Å². The molecule has 0 amide bonds. The van der Waals surface area contributed by atoms with E-state index in [1.165, 1.54) is 38.1 Å². The van der Waals surface area contributed by atoms with Gasteiger partial charge in [0.2, 0.25) is 0 Å². The van der Waals surface area contributed by atoms with Crippen LogP contribution in [-0.2, 0) is 29.1 Å². The number of hydrogen-bond donors (Lipinski definition) is 0. The minimum absolute atomic E-state index is 0.0593. The number of rotatable bonds is 6. The highest BCUT2D eigenvalue weighted by Gasteiger charge is 2.58. The second-order valence-corrected chi connectivity index (χ2v) is 14.5. The summed E-state index contributed by atoms with van der Waals surface area (Å²) in [7, 11) is -8.61. The highest BCUT2D eigenvalue weighted by atomic mass is 32.2. The molecular formula is C19H24F3NO6SSi. The number of para-hydroxylation sites is 1. The Balaban J connectivity index is 3.06. The standard InChI is InChI=1S/C19H24F3NO6SSi/c1-6-28-17(24)14-15(18(25)29-7-2)23(30(26,27)19(20,21)22)13-11-9-8-10-12(13)16(14)31(3,4)5/h8-11,15H,6-7H2,1-5H3/t15-/m0/s1. The maximum absolute atomic E-state index is 13.6. The van der Waals surface area contributed by atoms with E-state index in [0.717, 1.165) is 0 Å². The molecule has 0 bridgehead atoms. The predicted molar refractivity (Wildman–Crippen MR) is 111 cm³/mol. The van der Waals surface area contributed by atoms with E-state index in [1.807, 2.05) is 19.6 Å². The van der Waals surface area contributed by atoms with Crippen molar-refractivity contribution in [2.24, 2.45) is 0 Å². The second-order valence-electron chi connectivity index (χ2n) is 7.68. The monoisotopic (exact) mass is 479 g/mol. The van der Waals surface area contributed by atoms with E-state index >= 15 is 0 Å². The molecule has 1 aromatic rings. The Morgan fingerprint density at radius 3 is 2.10 bits per heavy atom. The maximum atomic E-state index is 13.6. The van der Waals surface area contributed by atoms with Gasteiger partial charge in [0.1, 0.15) is 0 Å². The topological polar surface area (TPSA) is 90.0 Å². The van der Waals surface area contributed by atoms with Crippen LogP contribution in [0.4, 0.5) is 18.9 Å². The van der Waals surface area contributed by atoms with Crippen LogP contribution < -0.4 is 4.31 Å². The Morgan fingerprint density at radius 2 is 1.61 bits per heavy atom. The van der Waals surface area contributed by atoms with Crippen molar-refractivity contribution in [1.29, 1.82) is 0 Å². The van der Waals surface area contributed by atoms with Crippen LogP contribution in [0, 0.1) is 0 Å². The molecule has 1 heterocycles. The Bertz CT molecular complexity index is 1010. The molecule has 2 rings (SSSR count). The molecule has 0 saturated heterocycles. The van der Waals surface area contributed by atoms with Crippen LogP contribution in [0.25, 0.3) is 5.20 Å². The van der Waals surface area contributed by atoms with Crippen LogP contribution in [0.1, 0.15) is 19.4 Å².